The first-order chi connectivity index (χ1) is 32.0. The van der Waals surface area contributed by atoms with Gasteiger partial charge in [0.2, 0.25) is 5.95 Å². The van der Waals surface area contributed by atoms with Crippen molar-refractivity contribution in [3.63, 3.8) is 0 Å². The average molecular weight is 849 g/mol. The summed E-state index contributed by atoms with van der Waals surface area (Å²) in [6.45, 7) is 4.35. The number of para-hydroxylation sites is 1. The van der Waals surface area contributed by atoms with Gasteiger partial charge in [-0.05, 0) is 131 Å². The predicted molar refractivity (Wildman–Crippen MR) is 275 cm³/mol. The lowest BCUT2D eigenvalue weighted by molar-refractivity contribution is 0.992. The number of aromatic nitrogens is 4. The minimum absolute atomic E-state index is 0.646. The van der Waals surface area contributed by atoms with Crippen molar-refractivity contribution >= 4 is 75.1 Å². The maximum Gasteiger partial charge on any atom is 0.235 e. The molecule has 0 radical (unpaired) electrons. The van der Waals surface area contributed by atoms with E-state index in [4.69, 9.17) is 9.97 Å². The molecule has 13 aromatic rings. The van der Waals surface area contributed by atoms with Crippen molar-refractivity contribution in [2.45, 2.75) is 13.8 Å². The molecule has 65 heavy (non-hydrogen) atoms. The lowest BCUT2D eigenvalue weighted by Gasteiger charge is -2.11. The normalized spacial score (nSPS) is 11.8. The van der Waals surface area contributed by atoms with Crippen LogP contribution in [0, 0.1) is 13.8 Å². The highest BCUT2D eigenvalue weighted by Crippen LogP contribution is 2.42. The maximum atomic E-state index is 5.34. The number of aryl methyl sites for hydroxylation is 2. The molecule has 0 aliphatic heterocycles. The second kappa shape index (κ2) is 14.7. The van der Waals surface area contributed by atoms with Gasteiger partial charge in [-0.25, -0.2) is 9.97 Å². The minimum atomic E-state index is 0.646. The molecule has 0 N–H and O–H groups in total. The first kappa shape index (κ1) is 37.4. The zero-order valence-electron chi connectivity index (χ0n) is 35.8. The fourth-order valence-corrected chi connectivity index (χ4v) is 11.2. The van der Waals surface area contributed by atoms with Crippen LogP contribution in [0.5, 0.6) is 0 Å². The molecule has 4 heterocycles. The highest BCUT2D eigenvalue weighted by Gasteiger charge is 2.20. The van der Waals surface area contributed by atoms with Crippen LogP contribution in [0.4, 0.5) is 0 Å². The van der Waals surface area contributed by atoms with E-state index < -0.39 is 0 Å². The predicted octanol–water partition coefficient (Wildman–Crippen LogP) is 16.3. The molecule has 0 amide bonds. The fourth-order valence-electron chi connectivity index (χ4n) is 10.1. The van der Waals surface area contributed by atoms with Crippen LogP contribution in [0.2, 0.25) is 0 Å². The largest absolute Gasteiger partial charge is 0.309 e. The molecule has 0 bridgehead atoms. The summed E-state index contributed by atoms with van der Waals surface area (Å²) in [6.07, 6.45) is 1.90. The molecule has 0 atom stereocenters. The van der Waals surface area contributed by atoms with Gasteiger partial charge in [-0.3, -0.25) is 4.57 Å². The summed E-state index contributed by atoms with van der Waals surface area (Å²) in [5.41, 5.74) is 17.3. The van der Waals surface area contributed by atoms with Crippen LogP contribution >= 0.6 is 11.3 Å². The van der Waals surface area contributed by atoms with Crippen LogP contribution < -0.4 is 0 Å². The Morgan fingerprint density at radius 1 is 0.354 bits per heavy atom. The van der Waals surface area contributed by atoms with Crippen LogP contribution in [0.1, 0.15) is 11.1 Å². The first-order valence-electron chi connectivity index (χ1n) is 22.1. The average Bonchev–Trinajstić information content (AvgIpc) is 4.00. The lowest BCUT2D eigenvalue weighted by Crippen LogP contribution is -2.01. The molecule has 0 aliphatic rings. The summed E-state index contributed by atoms with van der Waals surface area (Å²) in [4.78, 5) is 10.3. The topological polar surface area (TPSA) is 35.6 Å². The van der Waals surface area contributed by atoms with Gasteiger partial charge in [0.05, 0.1) is 27.8 Å². The highest BCUT2D eigenvalue weighted by atomic mass is 32.1. The van der Waals surface area contributed by atoms with Crippen LogP contribution in [0.15, 0.2) is 206 Å². The summed E-state index contributed by atoms with van der Waals surface area (Å²) in [7, 11) is 0. The number of hydrogen-bond acceptors (Lipinski definition) is 3. The Kier molecular flexibility index (Phi) is 8.49. The van der Waals surface area contributed by atoms with Crippen molar-refractivity contribution in [3.05, 3.63) is 218 Å². The Morgan fingerprint density at radius 2 is 0.923 bits per heavy atom. The molecule has 0 saturated heterocycles. The number of hydrogen-bond donors (Lipinski definition) is 0. The van der Waals surface area contributed by atoms with Crippen molar-refractivity contribution in [2.24, 2.45) is 0 Å². The molecule has 0 aliphatic carbocycles. The highest BCUT2D eigenvalue weighted by molar-refractivity contribution is 7.25. The monoisotopic (exact) mass is 848 g/mol. The van der Waals surface area contributed by atoms with Crippen LogP contribution in [-0.2, 0) is 0 Å². The van der Waals surface area contributed by atoms with Gasteiger partial charge in [0.25, 0.3) is 0 Å². The van der Waals surface area contributed by atoms with E-state index in [-0.39, 0.29) is 0 Å². The third-order valence-electron chi connectivity index (χ3n) is 13.1. The van der Waals surface area contributed by atoms with E-state index in [1.54, 1.807) is 0 Å². The zero-order valence-corrected chi connectivity index (χ0v) is 36.6. The summed E-state index contributed by atoms with van der Waals surface area (Å²) in [5, 5.41) is 7.36. The summed E-state index contributed by atoms with van der Waals surface area (Å²) in [6, 6.07) is 72.9. The summed E-state index contributed by atoms with van der Waals surface area (Å²) in [5.74, 6) is 0.646. The molecule has 5 heteroatoms. The van der Waals surface area contributed by atoms with E-state index in [2.05, 4.69) is 217 Å². The Hall–Kier alpha value is -8.12. The number of nitrogens with zero attached hydrogens (tertiary/aromatic N) is 4. The van der Waals surface area contributed by atoms with Gasteiger partial charge in [-0.1, -0.05) is 127 Å². The maximum absolute atomic E-state index is 5.34. The van der Waals surface area contributed by atoms with E-state index in [0.717, 1.165) is 33.4 Å². The first-order valence-corrected chi connectivity index (χ1v) is 22.9. The van der Waals surface area contributed by atoms with Crippen molar-refractivity contribution in [1.29, 1.82) is 0 Å². The van der Waals surface area contributed by atoms with E-state index in [1.807, 2.05) is 23.6 Å². The van der Waals surface area contributed by atoms with E-state index in [9.17, 15) is 0 Å². The Labute approximate surface area is 380 Å². The molecular formula is C60H40N4S. The van der Waals surface area contributed by atoms with Gasteiger partial charge in [0.15, 0.2) is 0 Å². The molecule has 0 spiro atoms. The second-order valence-electron chi connectivity index (χ2n) is 17.2. The second-order valence-corrected chi connectivity index (χ2v) is 18.3. The van der Waals surface area contributed by atoms with Gasteiger partial charge >= 0.3 is 0 Å². The minimum Gasteiger partial charge on any atom is -0.309 e. The van der Waals surface area contributed by atoms with Crippen LogP contribution in [0.3, 0.4) is 0 Å². The summed E-state index contributed by atoms with van der Waals surface area (Å²) >= 11 is 1.85. The Balaban J connectivity index is 0.957. The Bertz CT molecular complexity index is 4000. The van der Waals surface area contributed by atoms with Gasteiger partial charge in [-0.2, -0.15) is 0 Å². The third kappa shape index (κ3) is 6.19. The fraction of sp³-hybridized carbons (Fsp3) is 0.0333. The number of benzene rings is 9. The standard InChI is InChI=1S/C60H40N4S/c1-37-29-38(2)31-46(30-37)63-54-17-8-6-15-47(54)49-33-43(23-25-55(49)63)44-24-26-56-50(34-44)51-36-59-52(48-16-7-9-18-58(48)65-59)35-57(51)64(56)60-61-28-27-53(62-60)45-14-10-13-42(32-45)41-21-19-40(20-22-41)39-11-4-3-5-12-39/h3-36H,1-2H3. The van der Waals surface area contributed by atoms with Gasteiger partial charge in [-0.15, -0.1) is 11.3 Å². The number of thiophene rings is 1. The third-order valence-corrected chi connectivity index (χ3v) is 14.2. The Morgan fingerprint density at radius 3 is 1.71 bits per heavy atom. The van der Waals surface area contributed by atoms with Crippen LogP contribution in [-0.4, -0.2) is 19.1 Å². The van der Waals surface area contributed by atoms with Crippen molar-refractivity contribution < 1.29 is 0 Å². The van der Waals surface area contributed by atoms with E-state index in [0.29, 0.717) is 5.95 Å². The number of fused-ring (bicyclic) bond motifs is 9. The van der Waals surface area contributed by atoms with Gasteiger partial charge < -0.3 is 4.57 Å². The molecule has 306 valence electrons. The molecular weight excluding hydrogens is 809 g/mol. The van der Waals surface area contributed by atoms with Gasteiger partial charge in [0.1, 0.15) is 0 Å². The van der Waals surface area contributed by atoms with Crippen LogP contribution in [0.25, 0.3) is 120 Å². The smallest absolute Gasteiger partial charge is 0.235 e. The van der Waals surface area contributed by atoms with Crippen molar-refractivity contribution in [1.82, 2.24) is 19.1 Å². The molecule has 0 fully saturated rings. The van der Waals surface area contributed by atoms with Gasteiger partial charge in [0, 0.05) is 59.2 Å². The number of rotatable bonds is 6. The molecule has 4 nitrogen and oxygen atoms in total. The summed E-state index contributed by atoms with van der Waals surface area (Å²) < 4.78 is 7.23. The SMILES string of the molecule is Cc1cc(C)cc(-n2c3ccccc3c3cc(-c4ccc5c(c4)c4cc6sc7ccccc7c6cc4n5-c4nccc(-c5cccc(-c6ccc(-c7ccccc7)cc6)c5)n4)ccc32)c1. The van der Waals surface area contributed by atoms with E-state index in [1.165, 1.54) is 91.8 Å². The molecule has 13 rings (SSSR count). The molecule has 4 aromatic heterocycles. The molecule has 9 aromatic carbocycles. The quantitative estimate of drug-likeness (QED) is 0.167. The molecule has 0 saturated carbocycles. The molecule has 0 unspecified atom stereocenters. The van der Waals surface area contributed by atoms with Crippen molar-refractivity contribution in [2.75, 3.05) is 0 Å². The van der Waals surface area contributed by atoms with E-state index >= 15 is 0 Å². The zero-order chi connectivity index (χ0) is 43.2. The van der Waals surface area contributed by atoms with Crippen molar-refractivity contribution in [3.8, 4) is 56.3 Å². The lowest BCUT2D eigenvalue weighted by atomic mass is 9.98.